The lowest BCUT2D eigenvalue weighted by Crippen LogP contribution is -2.44. The number of hydrogen-bond donors (Lipinski definition) is 0. The molecule has 3 rings (SSSR count). The maximum absolute atomic E-state index is 13.1. The Labute approximate surface area is 201 Å². The van der Waals surface area contributed by atoms with Crippen LogP contribution in [0.4, 0.5) is 9.59 Å². The molecule has 0 aromatic heterocycles. The molecule has 0 bridgehead atoms. The Balaban J connectivity index is 1.68. The van der Waals surface area contributed by atoms with Gasteiger partial charge in [0.05, 0.1) is 6.54 Å². The molecule has 4 unspecified atom stereocenters. The topological polar surface area (TPSA) is 59.1 Å². The number of cyclic esters (lactones) is 1. The van der Waals surface area contributed by atoms with Crippen LogP contribution in [0.3, 0.4) is 0 Å². The minimum Gasteiger partial charge on any atom is -0.444 e. The molecule has 6 nitrogen and oxygen atoms in total. The molecule has 2 heterocycles. The molecule has 0 spiro atoms. The van der Waals surface area contributed by atoms with Crippen LogP contribution in [0.1, 0.15) is 106 Å². The van der Waals surface area contributed by atoms with E-state index in [0.29, 0.717) is 25.6 Å². The Morgan fingerprint density at radius 1 is 1.00 bits per heavy atom. The Morgan fingerprint density at radius 2 is 1.58 bits per heavy atom. The first-order valence-corrected chi connectivity index (χ1v) is 13.5. The smallest absolute Gasteiger partial charge is 0.410 e. The van der Waals surface area contributed by atoms with E-state index < -0.39 is 5.60 Å². The molecule has 2 saturated heterocycles. The van der Waals surface area contributed by atoms with Crippen molar-refractivity contribution in [3.63, 3.8) is 0 Å². The molecule has 0 aromatic carbocycles. The fraction of sp³-hybridized carbons (Fsp3) is 0.926. The highest BCUT2D eigenvalue weighted by Gasteiger charge is 2.47. The quantitative estimate of drug-likeness (QED) is 0.461. The second kappa shape index (κ2) is 10.9. The summed E-state index contributed by atoms with van der Waals surface area (Å²) in [6.07, 6.45) is 11.7. The van der Waals surface area contributed by atoms with Crippen molar-refractivity contribution >= 4 is 12.2 Å². The summed E-state index contributed by atoms with van der Waals surface area (Å²) in [5.41, 5.74) is -0.446. The van der Waals surface area contributed by atoms with E-state index >= 15 is 0 Å². The molecule has 6 heteroatoms. The number of carbonyl (C=O) groups is 2. The average Bonchev–Trinajstić information content (AvgIpc) is 3.05. The molecule has 4 atom stereocenters. The lowest BCUT2D eigenvalue weighted by Gasteiger charge is -2.36. The number of rotatable bonds is 2. The van der Waals surface area contributed by atoms with E-state index in [1.54, 1.807) is 0 Å². The highest BCUT2D eigenvalue weighted by molar-refractivity contribution is 5.71. The van der Waals surface area contributed by atoms with Crippen molar-refractivity contribution in [1.29, 1.82) is 0 Å². The summed E-state index contributed by atoms with van der Waals surface area (Å²) in [6.45, 7) is 14.4. The van der Waals surface area contributed by atoms with E-state index in [2.05, 4.69) is 20.8 Å². The standard InChI is InChI=1S/C27H48N2O4/c1-20-18-28(24(30)33-26(3,4)5)17-14-22(21(20)2)29-19-23(32-25(29)31)27(6)15-12-10-8-7-9-11-13-16-27/h20-23H,7-19H2,1-6H3. The minimum atomic E-state index is -0.505. The van der Waals surface area contributed by atoms with E-state index in [9.17, 15) is 9.59 Å². The SMILES string of the molecule is CC1CN(C(=O)OC(C)(C)C)CCC(N2CC(C3(C)CCCCCCCCC3)OC2=O)C1C. The fourth-order valence-corrected chi connectivity index (χ4v) is 5.97. The van der Waals surface area contributed by atoms with Gasteiger partial charge in [-0.15, -0.1) is 0 Å². The molecule has 1 saturated carbocycles. The summed E-state index contributed by atoms with van der Waals surface area (Å²) in [7, 11) is 0. The van der Waals surface area contributed by atoms with Gasteiger partial charge >= 0.3 is 12.2 Å². The molecule has 2 amide bonds. The second-order valence-corrected chi connectivity index (χ2v) is 12.3. The first-order valence-electron chi connectivity index (χ1n) is 13.5. The largest absolute Gasteiger partial charge is 0.444 e. The molecule has 2 aliphatic heterocycles. The summed E-state index contributed by atoms with van der Waals surface area (Å²) >= 11 is 0. The van der Waals surface area contributed by atoms with Crippen LogP contribution in [0, 0.1) is 17.3 Å². The van der Waals surface area contributed by atoms with Crippen LogP contribution >= 0.6 is 0 Å². The Kier molecular flexibility index (Phi) is 8.60. The van der Waals surface area contributed by atoms with E-state index in [0.717, 1.165) is 19.3 Å². The van der Waals surface area contributed by atoms with E-state index in [1.165, 1.54) is 44.9 Å². The predicted octanol–water partition coefficient (Wildman–Crippen LogP) is 6.62. The third-order valence-corrected chi connectivity index (χ3v) is 8.37. The van der Waals surface area contributed by atoms with Gasteiger partial charge in [-0.25, -0.2) is 9.59 Å². The van der Waals surface area contributed by atoms with Gasteiger partial charge < -0.3 is 19.3 Å². The number of ether oxygens (including phenoxy) is 2. The van der Waals surface area contributed by atoms with E-state index in [4.69, 9.17) is 9.47 Å². The maximum atomic E-state index is 13.1. The first kappa shape index (κ1) is 26.2. The van der Waals surface area contributed by atoms with E-state index in [-0.39, 0.29) is 35.7 Å². The van der Waals surface area contributed by atoms with Gasteiger partial charge in [-0.05, 0) is 51.9 Å². The van der Waals surface area contributed by atoms with Crippen molar-refractivity contribution < 1.29 is 19.1 Å². The molecular formula is C27H48N2O4. The van der Waals surface area contributed by atoms with Crippen molar-refractivity contribution in [3.8, 4) is 0 Å². The normalized spacial score (nSPS) is 32.1. The van der Waals surface area contributed by atoms with Crippen LogP contribution < -0.4 is 0 Å². The Hall–Kier alpha value is -1.46. The molecule has 0 aromatic rings. The lowest BCUT2D eigenvalue weighted by molar-refractivity contribution is 0.0233. The highest BCUT2D eigenvalue weighted by atomic mass is 16.6. The number of nitrogens with zero attached hydrogens (tertiary/aromatic N) is 2. The van der Waals surface area contributed by atoms with Gasteiger partial charge in [0, 0.05) is 24.5 Å². The van der Waals surface area contributed by atoms with Crippen LogP contribution in [0.2, 0.25) is 0 Å². The third kappa shape index (κ3) is 6.79. The average molecular weight is 465 g/mol. The number of likely N-dealkylation sites (tertiary alicyclic amines) is 1. The van der Waals surface area contributed by atoms with Gasteiger partial charge in [0.2, 0.25) is 0 Å². The summed E-state index contributed by atoms with van der Waals surface area (Å²) in [5.74, 6) is 0.571. The number of amides is 2. The lowest BCUT2D eigenvalue weighted by atomic mass is 9.74. The maximum Gasteiger partial charge on any atom is 0.410 e. The molecule has 3 aliphatic rings. The van der Waals surface area contributed by atoms with Crippen molar-refractivity contribution in [1.82, 2.24) is 9.80 Å². The van der Waals surface area contributed by atoms with Crippen LogP contribution in [0.15, 0.2) is 0 Å². The minimum absolute atomic E-state index is 0.0304. The summed E-state index contributed by atoms with van der Waals surface area (Å²) in [4.78, 5) is 29.7. The van der Waals surface area contributed by atoms with E-state index in [1.807, 2.05) is 30.6 Å². The first-order chi connectivity index (χ1) is 15.5. The molecule has 33 heavy (non-hydrogen) atoms. The van der Waals surface area contributed by atoms with Gasteiger partial charge in [0.25, 0.3) is 0 Å². The molecule has 190 valence electrons. The highest BCUT2D eigenvalue weighted by Crippen LogP contribution is 2.41. The summed E-state index contributed by atoms with van der Waals surface area (Å²) in [6, 6.07) is 0.0908. The van der Waals surface area contributed by atoms with Gasteiger partial charge in [0.15, 0.2) is 0 Å². The van der Waals surface area contributed by atoms with Crippen molar-refractivity contribution in [2.24, 2.45) is 17.3 Å². The zero-order valence-electron chi connectivity index (χ0n) is 22.0. The molecule has 0 radical (unpaired) electrons. The van der Waals surface area contributed by atoms with Gasteiger partial charge in [0.1, 0.15) is 11.7 Å². The zero-order chi connectivity index (χ0) is 24.2. The van der Waals surface area contributed by atoms with Gasteiger partial charge in [-0.2, -0.15) is 0 Å². The van der Waals surface area contributed by atoms with Crippen LogP contribution in [-0.4, -0.2) is 59.4 Å². The molecule has 0 N–H and O–H groups in total. The van der Waals surface area contributed by atoms with Crippen molar-refractivity contribution in [2.75, 3.05) is 19.6 Å². The summed E-state index contributed by atoms with van der Waals surface area (Å²) < 4.78 is 11.7. The van der Waals surface area contributed by atoms with Crippen LogP contribution in [-0.2, 0) is 9.47 Å². The predicted molar refractivity (Wildman–Crippen MR) is 131 cm³/mol. The van der Waals surface area contributed by atoms with Crippen molar-refractivity contribution in [3.05, 3.63) is 0 Å². The number of carbonyl (C=O) groups excluding carboxylic acids is 2. The van der Waals surface area contributed by atoms with Gasteiger partial charge in [-0.3, -0.25) is 0 Å². The van der Waals surface area contributed by atoms with Gasteiger partial charge in [-0.1, -0.05) is 65.7 Å². The molecular weight excluding hydrogens is 416 g/mol. The summed E-state index contributed by atoms with van der Waals surface area (Å²) in [5, 5.41) is 0. The Morgan fingerprint density at radius 3 is 2.15 bits per heavy atom. The molecule has 3 fully saturated rings. The third-order valence-electron chi connectivity index (χ3n) is 8.37. The number of hydrogen-bond acceptors (Lipinski definition) is 4. The molecule has 1 aliphatic carbocycles. The fourth-order valence-electron chi connectivity index (χ4n) is 5.97. The second-order valence-electron chi connectivity index (χ2n) is 12.3. The zero-order valence-corrected chi connectivity index (χ0v) is 22.0. The van der Waals surface area contributed by atoms with Crippen molar-refractivity contribution in [2.45, 2.75) is 123 Å². The Bertz CT molecular complexity index is 664. The van der Waals surface area contributed by atoms with Crippen LogP contribution in [0.25, 0.3) is 0 Å². The van der Waals surface area contributed by atoms with Crippen LogP contribution in [0.5, 0.6) is 0 Å². The monoisotopic (exact) mass is 464 g/mol.